The Morgan fingerprint density at radius 3 is 2.81 bits per heavy atom. The normalized spacial score (nSPS) is 27.1. The minimum atomic E-state index is -3.30. The lowest BCUT2D eigenvalue weighted by Crippen LogP contribution is -2.41. The second kappa shape index (κ2) is 6.84. The summed E-state index contributed by atoms with van der Waals surface area (Å²) in [4.78, 5) is 26.0. The van der Waals surface area contributed by atoms with E-state index >= 15 is 0 Å². The number of imidazole rings is 1. The molecule has 0 aromatic carbocycles. The van der Waals surface area contributed by atoms with Gasteiger partial charge in [-0.15, -0.1) is 0 Å². The van der Waals surface area contributed by atoms with Crippen molar-refractivity contribution >= 4 is 16.8 Å². The topological polar surface area (TPSA) is 73.1 Å². The highest BCUT2D eigenvalue weighted by Gasteiger charge is 2.18. The van der Waals surface area contributed by atoms with Crippen molar-refractivity contribution in [3.8, 4) is 11.4 Å². The number of carbonyl (C=O) groups is 1. The summed E-state index contributed by atoms with van der Waals surface area (Å²) in [5.74, 6) is -0.400. The van der Waals surface area contributed by atoms with Gasteiger partial charge in [0.05, 0.1) is 59.3 Å². The number of carbonyl (C=O) groups excluding carboxylic acids is 1. The number of pyridine rings is 2. The fourth-order valence-electron chi connectivity index (χ4n) is 2.59. The Bertz CT molecular complexity index is 1270. The van der Waals surface area contributed by atoms with Gasteiger partial charge in [-0.3, -0.25) is 9.78 Å². The van der Waals surface area contributed by atoms with Gasteiger partial charge in [0, 0.05) is 31.6 Å². The second-order valence-electron chi connectivity index (χ2n) is 5.75. The van der Waals surface area contributed by atoms with Crippen LogP contribution in [0.3, 0.4) is 0 Å². The maximum Gasteiger partial charge on any atom is 0.228 e. The molecule has 1 aliphatic rings. The molecule has 4 heterocycles. The summed E-state index contributed by atoms with van der Waals surface area (Å²) >= 11 is 0. The molecule has 1 amide bonds. The average molecular weight is 359 g/mol. The first-order valence-electron chi connectivity index (χ1n) is 11.9. The third kappa shape index (κ3) is 3.17. The molecule has 26 heavy (non-hydrogen) atoms. The summed E-state index contributed by atoms with van der Waals surface area (Å²) in [6.07, 6.45) is 2.53. The standard InChI is InChI=1S/C19H21N5O2/c1-13-20-12-18(23(13)2)16-4-3-14-11-21-15(9-17(14)22-16)10-19(25)24-5-7-26-8-6-24/h3-4,9,11-12H,5-8,10H2,1-2H3/i5D2,6D2,7D2,8D2. The predicted molar refractivity (Wildman–Crippen MR) is 97.6 cm³/mol. The van der Waals surface area contributed by atoms with Crippen molar-refractivity contribution in [3.63, 3.8) is 0 Å². The highest BCUT2D eigenvalue weighted by molar-refractivity contribution is 5.83. The van der Waals surface area contributed by atoms with Gasteiger partial charge < -0.3 is 14.2 Å². The molecule has 0 radical (unpaired) electrons. The molecular weight excluding hydrogens is 330 g/mol. The van der Waals surface area contributed by atoms with E-state index in [4.69, 9.17) is 11.0 Å². The van der Waals surface area contributed by atoms with Gasteiger partial charge in [0.15, 0.2) is 0 Å². The van der Waals surface area contributed by atoms with E-state index in [2.05, 4.69) is 19.7 Å². The van der Waals surface area contributed by atoms with Crippen LogP contribution in [0.4, 0.5) is 0 Å². The van der Waals surface area contributed by atoms with Crippen molar-refractivity contribution in [3.05, 3.63) is 42.1 Å². The van der Waals surface area contributed by atoms with Gasteiger partial charge in [-0.2, -0.15) is 0 Å². The van der Waals surface area contributed by atoms with Gasteiger partial charge in [0.25, 0.3) is 0 Å². The number of ether oxygens (including phenoxy) is 1. The number of amides is 1. The SMILES string of the molecule is [2H]C1([2H])OC([2H])([2H])C([2H])([2H])N(C(=O)Cc2cc3nc(-c4cnc(C)n4C)ccc3cn2)C1([2H])[2H]. The van der Waals surface area contributed by atoms with Crippen LogP contribution < -0.4 is 0 Å². The van der Waals surface area contributed by atoms with E-state index in [1.54, 1.807) is 18.3 Å². The molecule has 0 unspecified atom stereocenters. The first-order valence-corrected chi connectivity index (χ1v) is 7.86. The average Bonchev–Trinajstić information content (AvgIpc) is 3.03. The zero-order valence-corrected chi connectivity index (χ0v) is 14.1. The van der Waals surface area contributed by atoms with Crippen LogP contribution in [-0.4, -0.2) is 56.4 Å². The molecule has 7 heteroatoms. The lowest BCUT2D eigenvalue weighted by molar-refractivity contribution is -0.134. The number of aromatic nitrogens is 4. The van der Waals surface area contributed by atoms with Gasteiger partial charge >= 0.3 is 0 Å². The third-order valence-corrected chi connectivity index (χ3v) is 4.11. The Hall–Kier alpha value is -2.80. The maximum absolute atomic E-state index is 13.0. The quantitative estimate of drug-likeness (QED) is 0.712. The van der Waals surface area contributed by atoms with Crippen LogP contribution in [0.15, 0.2) is 30.6 Å². The Balaban J connectivity index is 1.70. The smallest absolute Gasteiger partial charge is 0.228 e. The van der Waals surface area contributed by atoms with Crippen LogP contribution in [-0.2, 0) is 23.0 Å². The molecule has 3 aromatic rings. The zero-order valence-electron chi connectivity index (χ0n) is 22.1. The molecule has 7 nitrogen and oxygen atoms in total. The van der Waals surface area contributed by atoms with Crippen LogP contribution >= 0.6 is 0 Å². The number of hydrogen-bond donors (Lipinski definition) is 0. The predicted octanol–water partition coefficient (Wildman–Crippen LogP) is 1.74. The monoisotopic (exact) mass is 359 g/mol. The second-order valence-corrected chi connectivity index (χ2v) is 5.75. The first kappa shape index (κ1) is 9.78. The molecule has 134 valence electrons. The summed E-state index contributed by atoms with van der Waals surface area (Å²) in [5, 5.41) is 0.670. The zero-order chi connectivity index (χ0) is 25.3. The molecule has 0 aliphatic carbocycles. The minimum absolute atomic E-state index is 0.0718. The lowest BCUT2D eigenvalue weighted by atomic mass is 10.1. The molecule has 1 saturated heterocycles. The number of nitrogens with zero attached hydrogens (tertiary/aromatic N) is 5. The number of aryl methyl sites for hydroxylation is 1. The number of rotatable bonds is 3. The van der Waals surface area contributed by atoms with Gasteiger partial charge in [0.2, 0.25) is 5.91 Å². The molecule has 0 bridgehead atoms. The van der Waals surface area contributed by atoms with Crippen LogP contribution in [0.2, 0.25) is 0 Å². The maximum atomic E-state index is 13.0. The highest BCUT2D eigenvalue weighted by Crippen LogP contribution is 2.21. The Morgan fingerprint density at radius 1 is 1.27 bits per heavy atom. The van der Waals surface area contributed by atoms with E-state index in [9.17, 15) is 4.79 Å². The number of morpholine rings is 1. The van der Waals surface area contributed by atoms with E-state index in [1.165, 1.54) is 12.3 Å². The molecule has 3 aromatic heterocycles. The van der Waals surface area contributed by atoms with Crippen molar-refractivity contribution < 1.29 is 20.5 Å². The molecule has 0 saturated carbocycles. The summed E-state index contributed by atoms with van der Waals surface area (Å²) in [6.45, 7) is -11.3. The molecule has 0 N–H and O–H groups in total. The summed E-state index contributed by atoms with van der Waals surface area (Å²) in [6, 6.07) is 5.09. The number of fused-ring (bicyclic) bond motifs is 1. The van der Waals surface area contributed by atoms with Crippen molar-refractivity contribution in [2.45, 2.75) is 13.3 Å². The Kier molecular flexibility index (Phi) is 2.57. The summed E-state index contributed by atoms with van der Waals surface area (Å²) in [5.41, 5.74) is 2.00. The van der Waals surface area contributed by atoms with Crippen molar-refractivity contribution in [2.75, 3.05) is 26.1 Å². The molecule has 1 aliphatic heterocycles. The fourth-order valence-corrected chi connectivity index (χ4v) is 2.59. The molecule has 0 atom stereocenters. The van der Waals surface area contributed by atoms with Crippen LogP contribution in [0.25, 0.3) is 22.3 Å². The molecule has 1 fully saturated rings. The van der Waals surface area contributed by atoms with Crippen LogP contribution in [0.5, 0.6) is 0 Å². The third-order valence-electron chi connectivity index (χ3n) is 4.11. The summed E-state index contributed by atoms with van der Waals surface area (Å²) in [7, 11) is 1.85. The van der Waals surface area contributed by atoms with Gasteiger partial charge in [-0.1, -0.05) is 0 Å². The van der Waals surface area contributed by atoms with E-state index in [0.717, 1.165) is 11.5 Å². The van der Waals surface area contributed by atoms with E-state index in [-0.39, 0.29) is 10.6 Å². The van der Waals surface area contributed by atoms with Gasteiger partial charge in [0.1, 0.15) is 5.82 Å². The van der Waals surface area contributed by atoms with Crippen LogP contribution in [0, 0.1) is 6.92 Å². The highest BCUT2D eigenvalue weighted by atomic mass is 16.5. The molecule has 4 rings (SSSR count). The first-order chi connectivity index (χ1) is 15.6. The van der Waals surface area contributed by atoms with Gasteiger partial charge in [-0.25, -0.2) is 9.97 Å². The van der Waals surface area contributed by atoms with Gasteiger partial charge in [-0.05, 0) is 25.1 Å². The Morgan fingerprint density at radius 2 is 2.08 bits per heavy atom. The van der Waals surface area contributed by atoms with Crippen molar-refractivity contribution in [2.24, 2.45) is 7.05 Å². The summed E-state index contributed by atoms with van der Waals surface area (Å²) < 4.78 is 69.3. The van der Waals surface area contributed by atoms with Crippen LogP contribution in [0.1, 0.15) is 22.5 Å². The lowest BCUT2D eigenvalue weighted by Gasteiger charge is -2.26. The van der Waals surface area contributed by atoms with E-state index in [0.29, 0.717) is 16.6 Å². The van der Waals surface area contributed by atoms with Crippen molar-refractivity contribution in [1.29, 1.82) is 0 Å². The largest absolute Gasteiger partial charge is 0.378 e. The molecular formula is C19H21N5O2. The van der Waals surface area contributed by atoms with E-state index in [1.807, 2.05) is 18.5 Å². The number of hydrogen-bond acceptors (Lipinski definition) is 5. The van der Waals surface area contributed by atoms with Crippen molar-refractivity contribution in [1.82, 2.24) is 24.4 Å². The fraction of sp³-hybridized carbons (Fsp3) is 0.368. The minimum Gasteiger partial charge on any atom is -0.378 e. The molecule has 0 spiro atoms. The Labute approximate surface area is 162 Å². The van der Waals surface area contributed by atoms with E-state index < -0.39 is 38.4 Å².